The quantitative estimate of drug-likeness (QED) is 0.576. The van der Waals surface area contributed by atoms with E-state index in [1.165, 1.54) is 0 Å². The van der Waals surface area contributed by atoms with Crippen molar-refractivity contribution >= 4 is 23.4 Å². The molecule has 3 heteroatoms. The van der Waals surface area contributed by atoms with Crippen LogP contribution in [0.25, 0.3) is 6.08 Å². The molecule has 0 unspecified atom stereocenters. The fourth-order valence-electron chi connectivity index (χ4n) is 1.98. The van der Waals surface area contributed by atoms with Gasteiger partial charge in [0.1, 0.15) is 0 Å². The molecule has 1 fully saturated rings. The van der Waals surface area contributed by atoms with Crippen LogP contribution in [-0.2, 0) is 0 Å². The molecule has 2 nitrogen and oxygen atoms in total. The zero-order valence-electron chi connectivity index (χ0n) is 8.99. The molecule has 0 aliphatic heterocycles. The van der Waals surface area contributed by atoms with E-state index in [-0.39, 0.29) is 0 Å². The van der Waals surface area contributed by atoms with Crippen LogP contribution < -0.4 is 0 Å². The maximum absolute atomic E-state index is 8.92. The number of hydrogen-bond donors (Lipinski definition) is 1. The molecular weight excluding hydrogens is 222 g/mol. The van der Waals surface area contributed by atoms with Crippen molar-refractivity contribution in [2.75, 3.05) is 0 Å². The van der Waals surface area contributed by atoms with Crippen molar-refractivity contribution in [1.29, 1.82) is 0 Å². The lowest BCUT2D eigenvalue weighted by atomic mass is 9.91. The van der Waals surface area contributed by atoms with Crippen LogP contribution in [0.5, 0.6) is 0 Å². The van der Waals surface area contributed by atoms with Gasteiger partial charge in [0, 0.05) is 5.02 Å². The summed E-state index contributed by atoms with van der Waals surface area (Å²) in [5.74, 6) is 0. The first-order valence-electron chi connectivity index (χ1n) is 5.47. The largest absolute Gasteiger partial charge is 0.411 e. The smallest absolute Gasteiger partial charge is 0.0827 e. The normalized spacial score (nSPS) is 21.6. The minimum atomic E-state index is 0.729. The zero-order valence-corrected chi connectivity index (χ0v) is 9.74. The third kappa shape index (κ3) is 2.64. The molecule has 1 N–H and O–H groups in total. The Kier molecular flexibility index (Phi) is 3.62. The fourth-order valence-corrected chi connectivity index (χ4v) is 2.18. The van der Waals surface area contributed by atoms with Crippen LogP contribution >= 0.6 is 11.6 Å². The molecule has 0 spiro atoms. The van der Waals surface area contributed by atoms with Crippen LogP contribution in [0.15, 0.2) is 35.0 Å². The summed E-state index contributed by atoms with van der Waals surface area (Å²) in [6.45, 7) is 0. The number of nitrogens with zero attached hydrogens (tertiary/aromatic N) is 1. The van der Waals surface area contributed by atoms with Crippen molar-refractivity contribution in [3.05, 3.63) is 40.4 Å². The molecule has 0 atom stereocenters. The van der Waals surface area contributed by atoms with E-state index < -0.39 is 0 Å². The topological polar surface area (TPSA) is 32.6 Å². The summed E-state index contributed by atoms with van der Waals surface area (Å²) >= 11 is 5.92. The van der Waals surface area contributed by atoms with Gasteiger partial charge in [-0.2, -0.15) is 0 Å². The van der Waals surface area contributed by atoms with Crippen molar-refractivity contribution in [3.8, 4) is 0 Å². The molecule has 0 radical (unpaired) electrons. The molecular formula is C13H14ClNO. The summed E-state index contributed by atoms with van der Waals surface area (Å²) in [5.41, 5.74) is 2.99. The maximum Gasteiger partial charge on any atom is 0.0827 e. The lowest BCUT2D eigenvalue weighted by Crippen LogP contribution is -2.08. The summed E-state index contributed by atoms with van der Waals surface area (Å²) in [6, 6.07) is 7.69. The lowest BCUT2D eigenvalue weighted by Gasteiger charge is -2.15. The highest BCUT2D eigenvalue weighted by Gasteiger charge is 2.13. The minimum absolute atomic E-state index is 0.729. The maximum atomic E-state index is 8.92. The zero-order chi connectivity index (χ0) is 11.4. The highest BCUT2D eigenvalue weighted by atomic mass is 35.5. The summed E-state index contributed by atoms with van der Waals surface area (Å²) in [5, 5.41) is 13.0. The highest BCUT2D eigenvalue weighted by Crippen LogP contribution is 2.24. The summed E-state index contributed by atoms with van der Waals surface area (Å²) in [7, 11) is 0. The van der Waals surface area contributed by atoms with E-state index in [0.717, 1.165) is 47.6 Å². The summed E-state index contributed by atoms with van der Waals surface area (Å²) in [4.78, 5) is 0. The van der Waals surface area contributed by atoms with Crippen LogP contribution in [0.2, 0.25) is 5.02 Å². The molecule has 0 bridgehead atoms. The first kappa shape index (κ1) is 11.2. The highest BCUT2D eigenvalue weighted by molar-refractivity contribution is 6.30. The van der Waals surface area contributed by atoms with Gasteiger partial charge in [0.05, 0.1) is 5.71 Å². The van der Waals surface area contributed by atoms with E-state index in [4.69, 9.17) is 16.8 Å². The molecule has 1 aromatic carbocycles. The first-order valence-corrected chi connectivity index (χ1v) is 5.85. The third-order valence-corrected chi connectivity index (χ3v) is 3.03. The van der Waals surface area contributed by atoms with E-state index in [9.17, 15) is 0 Å². The number of oxime groups is 1. The Labute approximate surface area is 100 Å². The number of rotatable bonds is 1. The van der Waals surface area contributed by atoms with Gasteiger partial charge in [0.2, 0.25) is 0 Å². The fraction of sp³-hybridized carbons (Fsp3) is 0.308. The first-order chi connectivity index (χ1) is 7.79. The molecule has 1 aliphatic carbocycles. The Morgan fingerprint density at radius 1 is 1.25 bits per heavy atom. The van der Waals surface area contributed by atoms with Gasteiger partial charge in [-0.25, -0.2) is 0 Å². The second-order valence-corrected chi connectivity index (χ2v) is 4.41. The molecule has 0 amide bonds. The molecule has 2 rings (SSSR count). The molecule has 0 saturated heterocycles. The van der Waals surface area contributed by atoms with Gasteiger partial charge in [-0.15, -0.1) is 0 Å². The van der Waals surface area contributed by atoms with Gasteiger partial charge in [-0.3, -0.25) is 0 Å². The van der Waals surface area contributed by atoms with Crippen molar-refractivity contribution in [3.63, 3.8) is 0 Å². The van der Waals surface area contributed by atoms with Crippen LogP contribution in [0, 0.1) is 0 Å². The van der Waals surface area contributed by atoms with E-state index in [2.05, 4.69) is 11.2 Å². The number of halogens is 1. The molecule has 0 heterocycles. The Hall–Kier alpha value is -1.28. The average Bonchev–Trinajstić information content (AvgIpc) is 2.30. The van der Waals surface area contributed by atoms with Gasteiger partial charge < -0.3 is 5.21 Å². The van der Waals surface area contributed by atoms with Crippen molar-refractivity contribution in [2.45, 2.75) is 25.7 Å². The Morgan fingerprint density at radius 2 is 2.06 bits per heavy atom. The monoisotopic (exact) mass is 235 g/mol. The lowest BCUT2D eigenvalue weighted by molar-refractivity contribution is 0.316. The molecule has 84 valence electrons. The molecule has 1 saturated carbocycles. The van der Waals surface area contributed by atoms with Gasteiger partial charge in [-0.1, -0.05) is 28.9 Å². The molecule has 0 aromatic heterocycles. The van der Waals surface area contributed by atoms with Crippen LogP contribution in [0.3, 0.4) is 0 Å². The average molecular weight is 236 g/mol. The molecule has 16 heavy (non-hydrogen) atoms. The van der Waals surface area contributed by atoms with Crippen LogP contribution in [0.4, 0.5) is 0 Å². The molecule has 1 aliphatic rings. The Bertz CT molecular complexity index is 437. The summed E-state index contributed by atoms with van der Waals surface area (Å²) in [6.07, 6.45) is 6.16. The van der Waals surface area contributed by atoms with Crippen LogP contribution in [-0.4, -0.2) is 10.9 Å². The Morgan fingerprint density at radius 3 is 2.81 bits per heavy atom. The van der Waals surface area contributed by atoms with E-state index in [1.54, 1.807) is 0 Å². The Balaban J connectivity index is 2.28. The summed E-state index contributed by atoms with van der Waals surface area (Å²) < 4.78 is 0. The second kappa shape index (κ2) is 5.17. The van der Waals surface area contributed by atoms with Gasteiger partial charge in [0.25, 0.3) is 0 Å². The minimum Gasteiger partial charge on any atom is -0.411 e. The van der Waals surface area contributed by atoms with E-state index >= 15 is 0 Å². The van der Waals surface area contributed by atoms with Gasteiger partial charge >= 0.3 is 0 Å². The third-order valence-electron chi connectivity index (χ3n) is 2.79. The van der Waals surface area contributed by atoms with Crippen LogP contribution in [0.1, 0.15) is 31.2 Å². The number of hydrogen-bond acceptors (Lipinski definition) is 2. The number of benzene rings is 1. The second-order valence-electron chi connectivity index (χ2n) is 3.98. The van der Waals surface area contributed by atoms with E-state index in [1.807, 2.05) is 24.3 Å². The van der Waals surface area contributed by atoms with Crippen molar-refractivity contribution in [1.82, 2.24) is 0 Å². The standard InChI is InChI=1S/C13H14ClNO/c14-12-6-3-4-10(9-12)8-11-5-1-2-7-13(11)15-16/h3-4,6,8-9,16H,1-2,5,7H2. The van der Waals surface area contributed by atoms with Crippen molar-refractivity contribution in [2.24, 2.45) is 5.16 Å². The predicted molar refractivity (Wildman–Crippen MR) is 67.1 cm³/mol. The molecule has 1 aromatic rings. The van der Waals surface area contributed by atoms with Gasteiger partial charge in [-0.05, 0) is 55.0 Å². The number of allylic oxidation sites excluding steroid dienone is 1. The SMILES string of the molecule is ON=C1CCCCC1=Cc1cccc(Cl)c1. The van der Waals surface area contributed by atoms with Crippen molar-refractivity contribution < 1.29 is 5.21 Å². The van der Waals surface area contributed by atoms with Gasteiger partial charge in [0.15, 0.2) is 0 Å². The van der Waals surface area contributed by atoms with E-state index in [0.29, 0.717) is 0 Å². The predicted octanol–water partition coefficient (Wildman–Crippen LogP) is 4.13.